The Kier molecular flexibility index (Phi) is 4.90. The zero-order valence-electron chi connectivity index (χ0n) is 12.8. The van der Waals surface area contributed by atoms with Gasteiger partial charge in [-0.3, -0.25) is 0 Å². The van der Waals surface area contributed by atoms with Gasteiger partial charge in [-0.15, -0.1) is 0 Å². The van der Waals surface area contributed by atoms with E-state index in [2.05, 4.69) is 31.0 Å². The van der Waals surface area contributed by atoms with Crippen LogP contribution in [0.25, 0.3) is 0 Å². The molecular weight excluding hydrogens is 296 g/mol. The van der Waals surface area contributed by atoms with E-state index in [0.29, 0.717) is 12.5 Å². The van der Waals surface area contributed by atoms with Crippen LogP contribution in [0.1, 0.15) is 24.1 Å². The zero-order valence-corrected chi connectivity index (χ0v) is 13.6. The number of piperidine rings is 1. The Bertz CT molecular complexity index is 590. The Labute approximate surface area is 135 Å². The molecule has 2 aromatic heterocycles. The SMILES string of the molecule is Cc1nscc1CNc1ccc(N2CCC(CO)CC2)cn1. The minimum absolute atomic E-state index is 0.311. The predicted octanol–water partition coefficient (Wildman–Crippen LogP) is 2.67. The summed E-state index contributed by atoms with van der Waals surface area (Å²) in [5.74, 6) is 1.35. The summed E-state index contributed by atoms with van der Waals surface area (Å²) in [6.07, 6.45) is 4.04. The van der Waals surface area contributed by atoms with Crippen LogP contribution in [-0.4, -0.2) is 34.2 Å². The summed E-state index contributed by atoms with van der Waals surface area (Å²) in [5, 5.41) is 14.6. The Morgan fingerprint density at radius 2 is 2.18 bits per heavy atom. The third-order valence-corrected chi connectivity index (χ3v) is 5.06. The van der Waals surface area contributed by atoms with E-state index < -0.39 is 0 Å². The summed E-state index contributed by atoms with van der Waals surface area (Å²) in [4.78, 5) is 6.85. The lowest BCUT2D eigenvalue weighted by atomic mass is 9.98. The molecule has 0 unspecified atom stereocenters. The molecule has 3 heterocycles. The third-order valence-electron chi connectivity index (χ3n) is 4.30. The van der Waals surface area contributed by atoms with E-state index in [-0.39, 0.29) is 0 Å². The number of nitrogens with zero attached hydrogens (tertiary/aromatic N) is 3. The number of hydrogen-bond donors (Lipinski definition) is 2. The number of aliphatic hydroxyl groups is 1. The third kappa shape index (κ3) is 3.56. The lowest BCUT2D eigenvalue weighted by Gasteiger charge is -2.32. The van der Waals surface area contributed by atoms with Crippen molar-refractivity contribution in [2.75, 3.05) is 29.9 Å². The molecule has 3 rings (SSSR count). The van der Waals surface area contributed by atoms with Gasteiger partial charge < -0.3 is 15.3 Å². The molecule has 0 bridgehead atoms. The largest absolute Gasteiger partial charge is 0.396 e. The van der Waals surface area contributed by atoms with Gasteiger partial charge in [-0.2, -0.15) is 4.37 Å². The first kappa shape index (κ1) is 15.2. The minimum atomic E-state index is 0.311. The highest BCUT2D eigenvalue weighted by Crippen LogP contribution is 2.23. The van der Waals surface area contributed by atoms with Crippen LogP contribution in [0.2, 0.25) is 0 Å². The van der Waals surface area contributed by atoms with Crippen molar-refractivity contribution in [3.05, 3.63) is 35.0 Å². The van der Waals surface area contributed by atoms with Gasteiger partial charge in [0.25, 0.3) is 0 Å². The molecule has 2 aromatic rings. The molecule has 0 spiro atoms. The quantitative estimate of drug-likeness (QED) is 0.887. The van der Waals surface area contributed by atoms with E-state index in [9.17, 15) is 5.11 Å². The summed E-state index contributed by atoms with van der Waals surface area (Å²) >= 11 is 1.49. The van der Waals surface area contributed by atoms with Gasteiger partial charge in [-0.05, 0) is 49.3 Å². The predicted molar refractivity (Wildman–Crippen MR) is 90.4 cm³/mol. The zero-order chi connectivity index (χ0) is 15.4. The van der Waals surface area contributed by atoms with E-state index in [1.165, 1.54) is 17.1 Å². The molecular formula is C16H22N4OS. The van der Waals surface area contributed by atoms with Crippen LogP contribution < -0.4 is 10.2 Å². The summed E-state index contributed by atoms with van der Waals surface area (Å²) in [6, 6.07) is 4.15. The molecule has 0 atom stereocenters. The molecule has 0 aliphatic carbocycles. The second-order valence-corrected chi connectivity index (χ2v) is 6.42. The topological polar surface area (TPSA) is 61.3 Å². The van der Waals surface area contributed by atoms with Gasteiger partial charge in [0.1, 0.15) is 5.82 Å². The highest BCUT2D eigenvalue weighted by atomic mass is 32.1. The monoisotopic (exact) mass is 318 g/mol. The molecule has 5 nitrogen and oxygen atoms in total. The maximum Gasteiger partial charge on any atom is 0.126 e. The van der Waals surface area contributed by atoms with E-state index in [0.717, 1.165) is 49.7 Å². The maximum atomic E-state index is 9.20. The van der Waals surface area contributed by atoms with E-state index in [1.807, 2.05) is 19.2 Å². The minimum Gasteiger partial charge on any atom is -0.396 e. The van der Waals surface area contributed by atoms with Gasteiger partial charge >= 0.3 is 0 Å². The van der Waals surface area contributed by atoms with Gasteiger partial charge in [0, 0.05) is 37.2 Å². The number of pyridine rings is 1. The van der Waals surface area contributed by atoms with Gasteiger partial charge in [0.05, 0.1) is 17.6 Å². The van der Waals surface area contributed by atoms with E-state index in [1.54, 1.807) is 0 Å². The van der Waals surface area contributed by atoms with Crippen LogP contribution in [0.5, 0.6) is 0 Å². The van der Waals surface area contributed by atoms with Crippen molar-refractivity contribution < 1.29 is 5.11 Å². The first-order valence-corrected chi connectivity index (χ1v) is 8.55. The number of hydrogen-bond acceptors (Lipinski definition) is 6. The molecule has 1 aliphatic heterocycles. The fourth-order valence-electron chi connectivity index (χ4n) is 2.72. The fraction of sp³-hybridized carbons (Fsp3) is 0.500. The molecule has 1 saturated heterocycles. The van der Waals surface area contributed by atoms with Gasteiger partial charge in [-0.1, -0.05) is 0 Å². The molecule has 0 aromatic carbocycles. The second-order valence-electron chi connectivity index (χ2n) is 5.79. The highest BCUT2D eigenvalue weighted by Gasteiger charge is 2.18. The second kappa shape index (κ2) is 7.07. The standard InChI is InChI=1S/C16H22N4OS/c1-12-14(11-22-19-12)8-17-16-3-2-15(9-18-16)20-6-4-13(10-21)5-7-20/h2-3,9,11,13,21H,4-8,10H2,1H3,(H,17,18). The molecule has 1 fully saturated rings. The van der Waals surface area contributed by atoms with Crippen molar-refractivity contribution in [3.8, 4) is 0 Å². The first-order chi connectivity index (χ1) is 10.8. The van der Waals surface area contributed by atoms with Crippen LogP contribution in [0.15, 0.2) is 23.7 Å². The summed E-state index contributed by atoms with van der Waals surface area (Å²) in [6.45, 7) is 5.10. The number of nitrogens with one attached hydrogen (secondary N) is 1. The lowest BCUT2D eigenvalue weighted by molar-refractivity contribution is 0.203. The lowest BCUT2D eigenvalue weighted by Crippen LogP contribution is -2.34. The van der Waals surface area contributed by atoms with Crippen LogP contribution in [0.4, 0.5) is 11.5 Å². The van der Waals surface area contributed by atoms with Crippen molar-refractivity contribution in [3.63, 3.8) is 0 Å². The number of aromatic nitrogens is 2. The molecule has 0 radical (unpaired) electrons. The van der Waals surface area contributed by atoms with Crippen molar-refractivity contribution in [1.82, 2.24) is 9.36 Å². The van der Waals surface area contributed by atoms with E-state index >= 15 is 0 Å². The van der Waals surface area contributed by atoms with Crippen molar-refractivity contribution >= 4 is 23.0 Å². The molecule has 0 amide bonds. The van der Waals surface area contributed by atoms with Crippen molar-refractivity contribution in [2.24, 2.45) is 5.92 Å². The van der Waals surface area contributed by atoms with Gasteiger partial charge in [0.15, 0.2) is 0 Å². The Balaban J connectivity index is 1.55. The van der Waals surface area contributed by atoms with E-state index in [4.69, 9.17) is 0 Å². The summed E-state index contributed by atoms with van der Waals surface area (Å²) < 4.78 is 4.27. The van der Waals surface area contributed by atoms with Gasteiger partial charge in [-0.25, -0.2) is 4.98 Å². The number of aryl methyl sites for hydroxylation is 1. The number of rotatable bonds is 5. The van der Waals surface area contributed by atoms with Crippen LogP contribution in [-0.2, 0) is 6.54 Å². The number of aliphatic hydroxyl groups excluding tert-OH is 1. The normalized spacial score (nSPS) is 16.0. The smallest absolute Gasteiger partial charge is 0.126 e. The Morgan fingerprint density at radius 1 is 1.36 bits per heavy atom. The van der Waals surface area contributed by atoms with Crippen molar-refractivity contribution in [1.29, 1.82) is 0 Å². The van der Waals surface area contributed by atoms with Crippen LogP contribution in [0.3, 0.4) is 0 Å². The highest BCUT2D eigenvalue weighted by molar-refractivity contribution is 7.03. The molecule has 118 valence electrons. The van der Waals surface area contributed by atoms with Crippen LogP contribution in [0, 0.1) is 12.8 Å². The molecule has 0 saturated carbocycles. The summed E-state index contributed by atoms with van der Waals surface area (Å²) in [5.41, 5.74) is 3.47. The van der Waals surface area contributed by atoms with Gasteiger partial charge in [0.2, 0.25) is 0 Å². The van der Waals surface area contributed by atoms with Crippen LogP contribution >= 0.6 is 11.5 Å². The Morgan fingerprint density at radius 3 is 2.77 bits per heavy atom. The molecule has 22 heavy (non-hydrogen) atoms. The molecule has 6 heteroatoms. The first-order valence-electron chi connectivity index (χ1n) is 7.72. The fourth-order valence-corrected chi connectivity index (χ4v) is 3.43. The maximum absolute atomic E-state index is 9.20. The average Bonchev–Trinajstić information content (AvgIpc) is 2.99. The summed E-state index contributed by atoms with van der Waals surface area (Å²) in [7, 11) is 0. The molecule has 1 aliphatic rings. The number of anilines is 2. The van der Waals surface area contributed by atoms with Crippen molar-refractivity contribution in [2.45, 2.75) is 26.3 Å². The molecule has 2 N–H and O–H groups in total. The average molecular weight is 318 g/mol. The Hall–Kier alpha value is -1.66.